The fourth-order valence-electron chi connectivity index (χ4n) is 1.86. The van der Waals surface area contributed by atoms with E-state index in [9.17, 15) is 4.39 Å². The number of ether oxygens (including phenoxy) is 1. The van der Waals surface area contributed by atoms with Crippen molar-refractivity contribution in [2.45, 2.75) is 32.9 Å². The lowest BCUT2D eigenvalue weighted by molar-refractivity contribution is 0.317. The quantitative estimate of drug-likeness (QED) is 0.833. The molecule has 0 atom stereocenters. The van der Waals surface area contributed by atoms with Crippen LogP contribution in [-0.4, -0.2) is 12.6 Å². The van der Waals surface area contributed by atoms with Gasteiger partial charge in [-0.2, -0.15) is 0 Å². The van der Waals surface area contributed by atoms with Gasteiger partial charge in [0.15, 0.2) is 0 Å². The van der Waals surface area contributed by atoms with Crippen molar-refractivity contribution in [3.8, 4) is 5.75 Å². The number of nitrogens with one attached hydrogen (secondary N) is 1. The zero-order valence-electron chi connectivity index (χ0n) is 11.9. The molecule has 108 valence electrons. The first-order valence-electron chi connectivity index (χ1n) is 6.82. The van der Waals surface area contributed by atoms with Crippen LogP contribution in [0.1, 0.15) is 24.3 Å². The smallest absolute Gasteiger partial charge is 0.123 e. The molecule has 2 aromatic rings. The van der Waals surface area contributed by atoms with Gasteiger partial charge in [-0.05, 0) is 29.6 Å². The van der Waals surface area contributed by atoms with Crippen LogP contribution < -0.4 is 10.1 Å². The molecule has 0 amide bonds. The normalized spacial score (nSPS) is 11.0. The summed E-state index contributed by atoms with van der Waals surface area (Å²) in [6.07, 6.45) is 0.881. The van der Waals surface area contributed by atoms with E-state index in [0.29, 0.717) is 19.2 Å². The number of hydrogen-bond acceptors (Lipinski definition) is 3. The van der Waals surface area contributed by atoms with E-state index >= 15 is 0 Å². The summed E-state index contributed by atoms with van der Waals surface area (Å²) < 4.78 is 19.1. The number of benzene rings is 1. The van der Waals surface area contributed by atoms with Crippen LogP contribution in [0.15, 0.2) is 35.7 Å². The molecule has 2 rings (SSSR count). The molecule has 0 saturated heterocycles. The van der Waals surface area contributed by atoms with Crippen LogP contribution in [0.5, 0.6) is 5.75 Å². The van der Waals surface area contributed by atoms with Crippen molar-refractivity contribution in [2.24, 2.45) is 0 Å². The third kappa shape index (κ3) is 4.62. The molecule has 0 fully saturated rings. The van der Waals surface area contributed by atoms with Crippen molar-refractivity contribution in [2.75, 3.05) is 6.61 Å². The van der Waals surface area contributed by atoms with E-state index in [1.165, 1.54) is 17.0 Å². The van der Waals surface area contributed by atoms with E-state index < -0.39 is 0 Å². The minimum Gasteiger partial charge on any atom is -0.493 e. The fourth-order valence-corrected chi connectivity index (χ4v) is 2.55. The summed E-state index contributed by atoms with van der Waals surface area (Å²) in [7, 11) is 0. The van der Waals surface area contributed by atoms with Gasteiger partial charge < -0.3 is 10.1 Å². The highest BCUT2D eigenvalue weighted by molar-refractivity contribution is 7.09. The molecular formula is C16H20FNOS. The molecule has 1 heterocycles. The zero-order chi connectivity index (χ0) is 14.4. The van der Waals surface area contributed by atoms with E-state index in [4.69, 9.17) is 4.74 Å². The first-order valence-corrected chi connectivity index (χ1v) is 7.70. The molecule has 0 aliphatic heterocycles. The maximum Gasteiger partial charge on any atom is 0.123 e. The highest BCUT2D eigenvalue weighted by Gasteiger charge is 2.06. The van der Waals surface area contributed by atoms with Crippen LogP contribution in [-0.2, 0) is 13.0 Å². The molecule has 2 nitrogen and oxygen atoms in total. The monoisotopic (exact) mass is 293 g/mol. The van der Waals surface area contributed by atoms with Gasteiger partial charge in [0, 0.05) is 29.4 Å². The molecule has 0 spiro atoms. The average molecular weight is 293 g/mol. The Labute approximate surface area is 123 Å². The van der Waals surface area contributed by atoms with Crippen LogP contribution in [0.2, 0.25) is 0 Å². The zero-order valence-corrected chi connectivity index (χ0v) is 12.7. The lowest BCUT2D eigenvalue weighted by atomic mass is 10.2. The number of hydrogen-bond donors (Lipinski definition) is 1. The largest absolute Gasteiger partial charge is 0.493 e. The van der Waals surface area contributed by atoms with Crippen LogP contribution in [0.4, 0.5) is 4.39 Å². The van der Waals surface area contributed by atoms with Gasteiger partial charge in [-0.1, -0.05) is 19.9 Å². The lowest BCUT2D eigenvalue weighted by Gasteiger charge is -2.13. The Morgan fingerprint density at radius 2 is 2.15 bits per heavy atom. The molecule has 0 unspecified atom stereocenters. The predicted octanol–water partition coefficient (Wildman–Crippen LogP) is 4.01. The number of halogens is 1. The van der Waals surface area contributed by atoms with Gasteiger partial charge in [0.1, 0.15) is 11.6 Å². The van der Waals surface area contributed by atoms with Crippen molar-refractivity contribution >= 4 is 11.3 Å². The molecule has 1 aromatic heterocycles. The molecule has 1 N–H and O–H groups in total. The summed E-state index contributed by atoms with van der Waals surface area (Å²) in [5, 5.41) is 5.35. The van der Waals surface area contributed by atoms with Crippen molar-refractivity contribution in [3.05, 3.63) is 52.0 Å². The SMILES string of the molecule is CC(C)NCc1cc(F)ccc1OCCc1cccs1. The second-order valence-electron chi connectivity index (χ2n) is 4.97. The third-order valence-electron chi connectivity index (χ3n) is 2.91. The number of thiophene rings is 1. The van der Waals surface area contributed by atoms with Gasteiger partial charge in [0.2, 0.25) is 0 Å². The first kappa shape index (κ1) is 15.0. The van der Waals surface area contributed by atoms with Gasteiger partial charge in [-0.15, -0.1) is 11.3 Å². The molecule has 0 bridgehead atoms. The molecule has 4 heteroatoms. The summed E-state index contributed by atoms with van der Waals surface area (Å²) in [5.41, 5.74) is 0.866. The molecular weight excluding hydrogens is 273 g/mol. The molecule has 1 aromatic carbocycles. The van der Waals surface area contributed by atoms with Crippen molar-refractivity contribution < 1.29 is 9.13 Å². The van der Waals surface area contributed by atoms with E-state index in [2.05, 4.69) is 30.6 Å². The van der Waals surface area contributed by atoms with Gasteiger partial charge in [-0.3, -0.25) is 0 Å². The fraction of sp³-hybridized carbons (Fsp3) is 0.375. The Balaban J connectivity index is 1.95. The Morgan fingerprint density at radius 3 is 2.85 bits per heavy atom. The Morgan fingerprint density at radius 1 is 1.30 bits per heavy atom. The molecule has 0 saturated carbocycles. The maximum atomic E-state index is 13.3. The number of rotatable bonds is 7. The first-order chi connectivity index (χ1) is 9.65. The van der Waals surface area contributed by atoms with E-state index in [0.717, 1.165) is 17.7 Å². The summed E-state index contributed by atoms with van der Waals surface area (Å²) in [6, 6.07) is 9.18. The summed E-state index contributed by atoms with van der Waals surface area (Å²) in [5.74, 6) is 0.535. The van der Waals surface area contributed by atoms with Gasteiger partial charge >= 0.3 is 0 Å². The summed E-state index contributed by atoms with van der Waals surface area (Å²) in [6.45, 7) is 5.36. The maximum absolute atomic E-state index is 13.3. The minimum absolute atomic E-state index is 0.226. The van der Waals surface area contributed by atoms with Crippen LogP contribution in [0.3, 0.4) is 0 Å². The standard InChI is InChI=1S/C16H20FNOS/c1-12(2)18-11-13-10-14(17)5-6-16(13)19-8-7-15-4-3-9-20-15/h3-6,9-10,12,18H,7-8,11H2,1-2H3. The van der Waals surface area contributed by atoms with Gasteiger partial charge in [0.05, 0.1) is 6.61 Å². The topological polar surface area (TPSA) is 21.3 Å². The molecule has 0 aliphatic carbocycles. The molecule has 0 radical (unpaired) electrons. The van der Waals surface area contributed by atoms with E-state index in [1.807, 2.05) is 6.07 Å². The summed E-state index contributed by atoms with van der Waals surface area (Å²) >= 11 is 1.73. The third-order valence-corrected chi connectivity index (χ3v) is 3.85. The van der Waals surface area contributed by atoms with Crippen LogP contribution in [0, 0.1) is 5.82 Å². The summed E-state index contributed by atoms with van der Waals surface area (Å²) in [4.78, 5) is 1.30. The highest BCUT2D eigenvalue weighted by atomic mass is 32.1. The Bertz CT molecular complexity index is 525. The Hall–Kier alpha value is -1.39. The second-order valence-corrected chi connectivity index (χ2v) is 6.00. The van der Waals surface area contributed by atoms with Gasteiger partial charge in [-0.25, -0.2) is 4.39 Å². The average Bonchev–Trinajstić information content (AvgIpc) is 2.91. The van der Waals surface area contributed by atoms with Crippen LogP contribution in [0.25, 0.3) is 0 Å². The van der Waals surface area contributed by atoms with Gasteiger partial charge in [0.25, 0.3) is 0 Å². The predicted molar refractivity (Wildman–Crippen MR) is 81.9 cm³/mol. The Kier molecular flexibility index (Phi) is 5.56. The van der Waals surface area contributed by atoms with E-state index in [1.54, 1.807) is 17.4 Å². The molecule has 0 aliphatic rings. The second kappa shape index (κ2) is 7.41. The minimum atomic E-state index is -0.226. The lowest BCUT2D eigenvalue weighted by Crippen LogP contribution is -2.22. The van der Waals surface area contributed by atoms with Crippen LogP contribution >= 0.6 is 11.3 Å². The highest BCUT2D eigenvalue weighted by Crippen LogP contribution is 2.20. The molecule has 20 heavy (non-hydrogen) atoms. The van der Waals surface area contributed by atoms with E-state index in [-0.39, 0.29) is 5.82 Å². The van der Waals surface area contributed by atoms with Crippen molar-refractivity contribution in [3.63, 3.8) is 0 Å². The van der Waals surface area contributed by atoms with Crippen molar-refractivity contribution in [1.29, 1.82) is 0 Å². The van der Waals surface area contributed by atoms with Crippen molar-refractivity contribution in [1.82, 2.24) is 5.32 Å².